The monoisotopic (exact) mass is 385 g/mol. The minimum atomic E-state index is 0.333. The van der Waals surface area contributed by atoms with E-state index in [1.807, 2.05) is 30.3 Å². The third kappa shape index (κ3) is 5.10. The molecule has 7 heteroatoms. The van der Waals surface area contributed by atoms with Gasteiger partial charge in [0.05, 0.1) is 6.54 Å². The number of piperidine rings is 1. The first kappa shape index (κ1) is 19.4. The van der Waals surface area contributed by atoms with Crippen molar-refractivity contribution in [2.75, 3.05) is 45.8 Å². The molecule has 152 valence electrons. The lowest BCUT2D eigenvalue weighted by molar-refractivity contribution is 0.0567. The fourth-order valence-corrected chi connectivity index (χ4v) is 4.16. The van der Waals surface area contributed by atoms with Crippen molar-refractivity contribution in [3.8, 4) is 5.75 Å². The molecule has 1 aromatic heterocycles. The van der Waals surface area contributed by atoms with E-state index in [1.165, 1.54) is 45.6 Å². The molecule has 0 radical (unpaired) electrons. The van der Waals surface area contributed by atoms with Gasteiger partial charge in [0.2, 0.25) is 11.7 Å². The third-order valence-corrected chi connectivity index (χ3v) is 5.91. The van der Waals surface area contributed by atoms with Crippen molar-refractivity contribution in [3.05, 3.63) is 42.0 Å². The SMILES string of the molecule is CCN1CCN(C2CCN(Cc3nc(COc4ccccc4)no3)CC2)CC1. The number of piperazine rings is 1. The van der Waals surface area contributed by atoms with Crippen LogP contribution in [0.4, 0.5) is 0 Å². The molecule has 2 aliphatic rings. The molecule has 0 N–H and O–H groups in total. The molecule has 4 rings (SSSR count). The molecule has 0 spiro atoms. The molecule has 7 nitrogen and oxygen atoms in total. The van der Waals surface area contributed by atoms with Gasteiger partial charge in [0.1, 0.15) is 5.75 Å². The van der Waals surface area contributed by atoms with E-state index in [2.05, 4.69) is 31.8 Å². The number of rotatable bonds is 7. The molecular weight excluding hydrogens is 354 g/mol. The fourth-order valence-electron chi connectivity index (χ4n) is 4.16. The van der Waals surface area contributed by atoms with Crippen LogP contribution in [0.25, 0.3) is 0 Å². The molecule has 0 unspecified atom stereocenters. The Bertz CT molecular complexity index is 707. The summed E-state index contributed by atoms with van der Waals surface area (Å²) in [5.74, 6) is 2.10. The summed E-state index contributed by atoms with van der Waals surface area (Å²) in [6, 6.07) is 10.4. The molecule has 2 fully saturated rings. The third-order valence-electron chi connectivity index (χ3n) is 5.91. The molecule has 0 bridgehead atoms. The maximum atomic E-state index is 5.68. The molecule has 2 aromatic rings. The number of ether oxygens (including phenoxy) is 1. The second kappa shape index (κ2) is 9.49. The van der Waals surface area contributed by atoms with Crippen LogP contribution in [0.1, 0.15) is 31.5 Å². The summed E-state index contributed by atoms with van der Waals surface area (Å²) in [6.07, 6.45) is 2.45. The van der Waals surface area contributed by atoms with E-state index in [0.717, 1.165) is 31.4 Å². The van der Waals surface area contributed by atoms with Crippen LogP contribution in [-0.2, 0) is 13.2 Å². The zero-order chi connectivity index (χ0) is 19.2. The predicted octanol–water partition coefficient (Wildman–Crippen LogP) is 2.25. The summed E-state index contributed by atoms with van der Waals surface area (Å²) in [6.45, 7) is 11.5. The van der Waals surface area contributed by atoms with Gasteiger partial charge in [-0.15, -0.1) is 0 Å². The second-order valence-corrected chi connectivity index (χ2v) is 7.68. The molecule has 1 aromatic carbocycles. The average Bonchev–Trinajstić information content (AvgIpc) is 3.21. The van der Waals surface area contributed by atoms with Gasteiger partial charge in [-0.2, -0.15) is 4.98 Å². The van der Waals surface area contributed by atoms with Crippen LogP contribution >= 0.6 is 0 Å². The van der Waals surface area contributed by atoms with Crippen LogP contribution in [0.2, 0.25) is 0 Å². The van der Waals surface area contributed by atoms with Gasteiger partial charge in [-0.1, -0.05) is 30.3 Å². The van der Waals surface area contributed by atoms with Gasteiger partial charge in [-0.3, -0.25) is 9.80 Å². The van der Waals surface area contributed by atoms with Gasteiger partial charge < -0.3 is 14.2 Å². The van der Waals surface area contributed by atoms with E-state index in [9.17, 15) is 0 Å². The van der Waals surface area contributed by atoms with Gasteiger partial charge in [0.25, 0.3) is 0 Å². The zero-order valence-electron chi connectivity index (χ0n) is 16.8. The van der Waals surface area contributed by atoms with E-state index < -0.39 is 0 Å². The van der Waals surface area contributed by atoms with Crippen LogP contribution in [0, 0.1) is 0 Å². The second-order valence-electron chi connectivity index (χ2n) is 7.68. The summed E-state index contributed by atoms with van der Waals surface area (Å²) in [5, 5.41) is 4.05. The zero-order valence-corrected chi connectivity index (χ0v) is 16.8. The minimum Gasteiger partial charge on any atom is -0.485 e. The van der Waals surface area contributed by atoms with E-state index in [-0.39, 0.29) is 0 Å². The Morgan fingerprint density at radius 3 is 2.46 bits per heavy atom. The summed E-state index contributed by atoms with van der Waals surface area (Å²) in [5.41, 5.74) is 0. The van der Waals surface area contributed by atoms with Gasteiger partial charge in [-0.05, 0) is 31.5 Å². The molecule has 0 amide bonds. The number of aromatic nitrogens is 2. The molecule has 3 heterocycles. The maximum absolute atomic E-state index is 5.68. The summed E-state index contributed by atoms with van der Waals surface area (Å²) < 4.78 is 11.1. The molecule has 0 atom stereocenters. The Labute approximate surface area is 167 Å². The highest BCUT2D eigenvalue weighted by Gasteiger charge is 2.27. The molecule has 28 heavy (non-hydrogen) atoms. The first-order chi connectivity index (χ1) is 13.8. The van der Waals surface area contributed by atoms with Crippen LogP contribution < -0.4 is 4.74 Å². The van der Waals surface area contributed by atoms with Crippen molar-refractivity contribution in [3.63, 3.8) is 0 Å². The van der Waals surface area contributed by atoms with E-state index >= 15 is 0 Å². The Hall–Kier alpha value is -1.96. The number of likely N-dealkylation sites (N-methyl/N-ethyl adjacent to an activating group) is 1. The van der Waals surface area contributed by atoms with E-state index in [4.69, 9.17) is 9.26 Å². The Balaban J connectivity index is 1.19. The summed E-state index contributed by atoms with van der Waals surface area (Å²) in [4.78, 5) is 12.1. The molecule has 2 aliphatic heterocycles. The van der Waals surface area contributed by atoms with Crippen LogP contribution in [0.3, 0.4) is 0 Å². The van der Waals surface area contributed by atoms with Gasteiger partial charge in [0.15, 0.2) is 6.61 Å². The smallest absolute Gasteiger partial charge is 0.240 e. The van der Waals surface area contributed by atoms with Crippen molar-refractivity contribution in [2.24, 2.45) is 0 Å². The summed E-state index contributed by atoms with van der Waals surface area (Å²) in [7, 11) is 0. The largest absolute Gasteiger partial charge is 0.485 e. The van der Waals surface area contributed by atoms with Crippen LogP contribution in [0.5, 0.6) is 5.75 Å². The number of hydrogen-bond acceptors (Lipinski definition) is 7. The highest BCUT2D eigenvalue weighted by atomic mass is 16.5. The lowest BCUT2D eigenvalue weighted by Crippen LogP contribution is -2.53. The molecular formula is C21H31N5O2. The Morgan fingerprint density at radius 1 is 1.00 bits per heavy atom. The Kier molecular flexibility index (Phi) is 6.57. The lowest BCUT2D eigenvalue weighted by atomic mass is 10.0. The van der Waals surface area contributed by atoms with Crippen molar-refractivity contribution in [1.82, 2.24) is 24.8 Å². The van der Waals surface area contributed by atoms with Crippen LogP contribution in [0.15, 0.2) is 34.9 Å². The normalized spacial score (nSPS) is 20.5. The predicted molar refractivity (Wildman–Crippen MR) is 107 cm³/mol. The topological polar surface area (TPSA) is 57.9 Å². The summed E-state index contributed by atoms with van der Waals surface area (Å²) >= 11 is 0. The number of likely N-dealkylation sites (tertiary alicyclic amines) is 1. The van der Waals surface area contributed by atoms with Gasteiger partial charge >= 0.3 is 0 Å². The van der Waals surface area contributed by atoms with Crippen molar-refractivity contribution in [1.29, 1.82) is 0 Å². The number of hydrogen-bond donors (Lipinski definition) is 0. The number of nitrogens with zero attached hydrogens (tertiary/aromatic N) is 5. The first-order valence-electron chi connectivity index (χ1n) is 10.5. The number of benzene rings is 1. The van der Waals surface area contributed by atoms with Crippen molar-refractivity contribution >= 4 is 0 Å². The van der Waals surface area contributed by atoms with Crippen LogP contribution in [-0.4, -0.2) is 76.7 Å². The maximum Gasteiger partial charge on any atom is 0.240 e. The highest BCUT2D eigenvalue weighted by molar-refractivity contribution is 5.20. The van der Waals surface area contributed by atoms with Crippen molar-refractivity contribution < 1.29 is 9.26 Å². The van der Waals surface area contributed by atoms with Gasteiger partial charge in [-0.25, -0.2) is 0 Å². The molecule has 0 aliphatic carbocycles. The number of para-hydroxylation sites is 1. The quantitative estimate of drug-likeness (QED) is 0.724. The fraction of sp³-hybridized carbons (Fsp3) is 0.619. The van der Waals surface area contributed by atoms with E-state index in [0.29, 0.717) is 18.3 Å². The highest BCUT2D eigenvalue weighted by Crippen LogP contribution is 2.20. The van der Waals surface area contributed by atoms with E-state index in [1.54, 1.807) is 0 Å². The minimum absolute atomic E-state index is 0.333. The first-order valence-corrected chi connectivity index (χ1v) is 10.5. The Morgan fingerprint density at radius 2 is 1.75 bits per heavy atom. The average molecular weight is 386 g/mol. The van der Waals surface area contributed by atoms with Crippen molar-refractivity contribution in [2.45, 2.75) is 39.0 Å². The van der Waals surface area contributed by atoms with Gasteiger partial charge in [0, 0.05) is 45.3 Å². The lowest BCUT2D eigenvalue weighted by Gasteiger charge is -2.42. The standard InChI is InChI=1S/C21H31N5O2/c1-2-24-12-14-26(15-13-24)18-8-10-25(11-9-18)16-21-22-20(23-28-21)17-27-19-6-4-3-5-7-19/h3-7,18H,2,8-17H2,1H3. The molecule has 0 saturated carbocycles. The molecule has 2 saturated heterocycles.